The summed E-state index contributed by atoms with van der Waals surface area (Å²) in [5.41, 5.74) is 0.995. The van der Waals surface area contributed by atoms with E-state index in [1.807, 2.05) is 23.1 Å². The van der Waals surface area contributed by atoms with Crippen LogP contribution in [0.5, 0.6) is 11.5 Å². The lowest BCUT2D eigenvalue weighted by atomic mass is 10.0. The van der Waals surface area contributed by atoms with Crippen LogP contribution in [0, 0.1) is 11.8 Å². The average Bonchev–Trinajstić information content (AvgIpc) is 3.12. The number of hydrogen-bond acceptors (Lipinski definition) is 4. The van der Waals surface area contributed by atoms with Gasteiger partial charge in [0.05, 0.1) is 6.42 Å². The van der Waals surface area contributed by atoms with Crippen molar-refractivity contribution in [3.8, 4) is 11.5 Å². The van der Waals surface area contributed by atoms with Crippen molar-refractivity contribution in [2.75, 3.05) is 33.0 Å². The van der Waals surface area contributed by atoms with Crippen LogP contribution in [0.1, 0.15) is 5.56 Å². The van der Waals surface area contributed by atoms with E-state index in [2.05, 4.69) is 5.32 Å². The van der Waals surface area contributed by atoms with Crippen LogP contribution in [-0.2, 0) is 11.2 Å². The molecular formula is C15H19ClN2O3. The molecule has 3 aliphatic rings. The summed E-state index contributed by atoms with van der Waals surface area (Å²) >= 11 is 0. The highest BCUT2D eigenvalue weighted by Crippen LogP contribution is 2.33. The van der Waals surface area contributed by atoms with Crippen molar-refractivity contribution in [2.24, 2.45) is 11.8 Å². The zero-order chi connectivity index (χ0) is 13.5. The largest absolute Gasteiger partial charge is 0.454 e. The van der Waals surface area contributed by atoms with E-state index in [0.29, 0.717) is 18.3 Å². The minimum atomic E-state index is 0. The molecule has 4 rings (SSSR count). The van der Waals surface area contributed by atoms with Gasteiger partial charge >= 0.3 is 0 Å². The van der Waals surface area contributed by atoms with Gasteiger partial charge in [-0.15, -0.1) is 12.4 Å². The minimum absolute atomic E-state index is 0. The predicted octanol–water partition coefficient (Wildman–Crippen LogP) is 1.06. The van der Waals surface area contributed by atoms with Crippen molar-refractivity contribution >= 4 is 18.3 Å². The van der Waals surface area contributed by atoms with E-state index < -0.39 is 0 Å². The van der Waals surface area contributed by atoms with Crippen molar-refractivity contribution in [1.82, 2.24) is 10.2 Å². The molecule has 2 fully saturated rings. The second-order valence-electron chi connectivity index (χ2n) is 5.84. The molecule has 1 aromatic rings. The Morgan fingerprint density at radius 2 is 1.90 bits per heavy atom. The molecule has 0 bridgehead atoms. The molecular weight excluding hydrogens is 292 g/mol. The highest BCUT2D eigenvalue weighted by atomic mass is 35.5. The molecule has 1 amide bonds. The van der Waals surface area contributed by atoms with Crippen LogP contribution in [0.25, 0.3) is 0 Å². The molecule has 0 saturated carbocycles. The molecule has 6 heteroatoms. The Labute approximate surface area is 130 Å². The SMILES string of the molecule is Cl.O=C(Cc1ccc2c(c1)OCO2)N1C[C@H]2CNC[C@H]2C1. The number of carbonyl (C=O) groups is 1. The Morgan fingerprint density at radius 1 is 1.19 bits per heavy atom. The van der Waals surface area contributed by atoms with Gasteiger partial charge in [-0.2, -0.15) is 0 Å². The molecule has 21 heavy (non-hydrogen) atoms. The maximum atomic E-state index is 12.4. The molecule has 0 radical (unpaired) electrons. The van der Waals surface area contributed by atoms with Gasteiger partial charge in [0.15, 0.2) is 11.5 Å². The van der Waals surface area contributed by atoms with Gasteiger partial charge in [0.25, 0.3) is 0 Å². The fraction of sp³-hybridized carbons (Fsp3) is 0.533. The summed E-state index contributed by atoms with van der Waals surface area (Å²) in [5, 5.41) is 3.39. The fourth-order valence-corrected chi connectivity index (χ4v) is 3.40. The van der Waals surface area contributed by atoms with Crippen LogP contribution in [0.15, 0.2) is 18.2 Å². The number of halogens is 1. The molecule has 2 atom stereocenters. The van der Waals surface area contributed by atoms with Crippen LogP contribution in [0.3, 0.4) is 0 Å². The van der Waals surface area contributed by atoms with Gasteiger partial charge in [0.1, 0.15) is 0 Å². The number of ether oxygens (including phenoxy) is 2. The summed E-state index contributed by atoms with van der Waals surface area (Å²) in [5.74, 6) is 3.03. The van der Waals surface area contributed by atoms with Gasteiger partial charge in [-0.25, -0.2) is 0 Å². The Morgan fingerprint density at radius 3 is 2.67 bits per heavy atom. The number of fused-ring (bicyclic) bond motifs is 2. The van der Waals surface area contributed by atoms with E-state index in [-0.39, 0.29) is 25.1 Å². The lowest BCUT2D eigenvalue weighted by Crippen LogP contribution is -2.32. The van der Waals surface area contributed by atoms with E-state index in [1.165, 1.54) is 0 Å². The average molecular weight is 311 g/mol. The highest BCUT2D eigenvalue weighted by Gasteiger charge is 2.37. The third-order valence-corrected chi connectivity index (χ3v) is 4.53. The molecule has 1 aromatic carbocycles. The molecule has 0 aromatic heterocycles. The molecule has 3 aliphatic heterocycles. The maximum absolute atomic E-state index is 12.4. The van der Waals surface area contributed by atoms with Crippen molar-refractivity contribution in [2.45, 2.75) is 6.42 Å². The number of nitrogens with zero attached hydrogens (tertiary/aromatic N) is 1. The minimum Gasteiger partial charge on any atom is -0.454 e. The Hall–Kier alpha value is -1.46. The van der Waals surface area contributed by atoms with E-state index in [9.17, 15) is 4.79 Å². The number of likely N-dealkylation sites (tertiary alicyclic amines) is 1. The number of rotatable bonds is 2. The second-order valence-corrected chi connectivity index (χ2v) is 5.84. The highest BCUT2D eigenvalue weighted by molar-refractivity contribution is 5.85. The van der Waals surface area contributed by atoms with Crippen molar-refractivity contribution in [1.29, 1.82) is 0 Å². The van der Waals surface area contributed by atoms with Crippen LogP contribution >= 0.6 is 12.4 Å². The number of amides is 1. The monoisotopic (exact) mass is 310 g/mol. The summed E-state index contributed by atoms with van der Waals surface area (Å²) < 4.78 is 10.6. The molecule has 1 N–H and O–H groups in total. The molecule has 114 valence electrons. The van der Waals surface area contributed by atoms with Crippen LogP contribution in [0.4, 0.5) is 0 Å². The van der Waals surface area contributed by atoms with Crippen molar-refractivity contribution < 1.29 is 14.3 Å². The standard InChI is InChI=1S/C15H18N2O3.ClH/c18-15(17-7-11-5-16-6-12(11)8-17)4-10-1-2-13-14(3-10)20-9-19-13;/h1-3,11-12,16H,4-9H2;1H/t11-,12+;. The third-order valence-electron chi connectivity index (χ3n) is 4.53. The Balaban J connectivity index is 0.00000132. The van der Waals surface area contributed by atoms with Crippen molar-refractivity contribution in [3.63, 3.8) is 0 Å². The van der Waals surface area contributed by atoms with E-state index >= 15 is 0 Å². The second kappa shape index (κ2) is 5.73. The number of hydrogen-bond donors (Lipinski definition) is 1. The van der Waals surface area contributed by atoms with Crippen LogP contribution < -0.4 is 14.8 Å². The Bertz CT molecular complexity index is 540. The first kappa shape index (κ1) is 14.5. The molecule has 0 unspecified atom stereocenters. The normalized spacial score (nSPS) is 25.6. The smallest absolute Gasteiger partial charge is 0.231 e. The lowest BCUT2D eigenvalue weighted by molar-refractivity contribution is -0.129. The zero-order valence-electron chi connectivity index (χ0n) is 11.7. The lowest BCUT2D eigenvalue weighted by Gasteiger charge is -2.17. The van der Waals surface area contributed by atoms with E-state index in [1.54, 1.807) is 0 Å². The van der Waals surface area contributed by atoms with E-state index in [4.69, 9.17) is 9.47 Å². The summed E-state index contributed by atoms with van der Waals surface area (Å²) in [7, 11) is 0. The maximum Gasteiger partial charge on any atom is 0.231 e. The third kappa shape index (κ3) is 2.68. The molecule has 0 aliphatic carbocycles. The number of carbonyl (C=O) groups excluding carboxylic acids is 1. The fourth-order valence-electron chi connectivity index (χ4n) is 3.40. The molecule has 3 heterocycles. The summed E-state index contributed by atoms with van der Waals surface area (Å²) in [6.07, 6.45) is 0.448. The summed E-state index contributed by atoms with van der Waals surface area (Å²) in [6.45, 7) is 4.19. The van der Waals surface area contributed by atoms with Crippen molar-refractivity contribution in [3.05, 3.63) is 23.8 Å². The quantitative estimate of drug-likeness (QED) is 0.887. The zero-order valence-corrected chi connectivity index (χ0v) is 12.5. The topological polar surface area (TPSA) is 50.8 Å². The van der Waals surface area contributed by atoms with Gasteiger partial charge in [-0.05, 0) is 29.5 Å². The summed E-state index contributed by atoms with van der Waals surface area (Å²) in [4.78, 5) is 14.4. The van der Waals surface area contributed by atoms with Gasteiger partial charge in [-0.1, -0.05) is 6.07 Å². The van der Waals surface area contributed by atoms with Gasteiger partial charge in [0.2, 0.25) is 12.7 Å². The number of nitrogens with one attached hydrogen (secondary N) is 1. The van der Waals surface area contributed by atoms with Crippen LogP contribution in [0.2, 0.25) is 0 Å². The predicted molar refractivity (Wildman–Crippen MR) is 79.9 cm³/mol. The molecule has 5 nitrogen and oxygen atoms in total. The van der Waals surface area contributed by atoms with E-state index in [0.717, 1.165) is 43.2 Å². The first-order valence-electron chi connectivity index (χ1n) is 7.16. The Kier molecular flexibility index (Phi) is 3.95. The molecule has 0 spiro atoms. The van der Waals surface area contributed by atoms with Crippen LogP contribution in [-0.4, -0.2) is 43.8 Å². The number of benzene rings is 1. The van der Waals surface area contributed by atoms with Gasteiger partial charge in [0, 0.05) is 26.2 Å². The summed E-state index contributed by atoms with van der Waals surface area (Å²) in [6, 6.07) is 5.75. The van der Waals surface area contributed by atoms with Gasteiger partial charge in [-0.3, -0.25) is 4.79 Å². The first-order chi connectivity index (χ1) is 9.79. The van der Waals surface area contributed by atoms with Gasteiger partial charge < -0.3 is 19.7 Å². The molecule has 2 saturated heterocycles. The first-order valence-corrected chi connectivity index (χ1v) is 7.16.